The third-order valence-corrected chi connectivity index (χ3v) is 2.70. The first-order valence-electron chi connectivity index (χ1n) is 6.76. The van der Waals surface area contributed by atoms with Gasteiger partial charge in [0, 0.05) is 17.7 Å². The maximum absolute atomic E-state index is 13.8. The molecule has 0 amide bonds. The number of hydrogen-bond donors (Lipinski definition) is 0. The molecule has 1 rings (SSSR count). The van der Waals surface area contributed by atoms with Gasteiger partial charge in [-0.05, 0) is 20.8 Å². The van der Waals surface area contributed by atoms with Crippen molar-refractivity contribution in [1.29, 1.82) is 0 Å². The lowest BCUT2D eigenvalue weighted by molar-refractivity contribution is -0.0646. The largest absolute Gasteiger partial charge is 0.442 e. The molecule has 5 nitrogen and oxygen atoms in total. The van der Waals surface area contributed by atoms with Gasteiger partial charge in [-0.3, -0.25) is 4.39 Å². The molecule has 0 aliphatic rings. The van der Waals surface area contributed by atoms with Crippen molar-refractivity contribution >= 4 is 6.09 Å². The van der Waals surface area contributed by atoms with E-state index < -0.39 is 36.3 Å². The van der Waals surface area contributed by atoms with Crippen LogP contribution in [0.4, 0.5) is 18.0 Å². The molecule has 0 saturated heterocycles. The minimum absolute atomic E-state index is 0.296. The van der Waals surface area contributed by atoms with Gasteiger partial charge in [-0.15, -0.1) is 5.10 Å². The summed E-state index contributed by atoms with van der Waals surface area (Å²) in [5, 5.41) is 3.64. The van der Waals surface area contributed by atoms with Gasteiger partial charge in [0.1, 0.15) is 5.60 Å². The molecule has 2 unspecified atom stereocenters. The van der Waals surface area contributed by atoms with Crippen molar-refractivity contribution in [3.63, 3.8) is 0 Å². The predicted octanol–water partition coefficient (Wildman–Crippen LogP) is 3.67. The fourth-order valence-corrected chi connectivity index (χ4v) is 1.38. The number of nitrogens with zero attached hydrogens (tertiary/aromatic N) is 2. The third kappa shape index (κ3) is 4.92. The molecule has 0 aliphatic carbocycles. The summed E-state index contributed by atoms with van der Waals surface area (Å²) < 4.78 is 50.7. The maximum Gasteiger partial charge on any atom is 0.435 e. The second-order valence-electron chi connectivity index (χ2n) is 6.57. The summed E-state index contributed by atoms with van der Waals surface area (Å²) in [5.74, 6) is -0.296. The minimum Gasteiger partial charge on any atom is -0.442 e. The molecule has 22 heavy (non-hydrogen) atoms. The van der Waals surface area contributed by atoms with E-state index in [0.717, 1.165) is 4.68 Å². The topological polar surface area (TPSA) is 53.4 Å². The number of hydrogen-bond acceptors (Lipinski definition) is 4. The summed E-state index contributed by atoms with van der Waals surface area (Å²) in [5.41, 5.74) is -2.24. The number of aromatic nitrogens is 2. The van der Waals surface area contributed by atoms with Gasteiger partial charge in [0.2, 0.25) is 5.88 Å². The van der Waals surface area contributed by atoms with Gasteiger partial charge in [-0.2, -0.15) is 9.07 Å². The van der Waals surface area contributed by atoms with E-state index in [0.29, 0.717) is 0 Å². The second kappa shape index (κ2) is 6.58. The number of rotatable bonds is 5. The Morgan fingerprint density at radius 2 is 1.91 bits per heavy atom. The number of alkyl halides is 3. The van der Waals surface area contributed by atoms with Crippen LogP contribution in [0.25, 0.3) is 0 Å². The lowest BCUT2D eigenvalue weighted by Crippen LogP contribution is -2.38. The Labute approximate surface area is 127 Å². The van der Waals surface area contributed by atoms with Gasteiger partial charge >= 0.3 is 6.09 Å². The van der Waals surface area contributed by atoms with E-state index >= 15 is 0 Å². The molecule has 8 heteroatoms. The quantitative estimate of drug-likeness (QED) is 0.830. The molecule has 0 N–H and O–H groups in total. The Hall–Kier alpha value is -1.73. The smallest absolute Gasteiger partial charge is 0.435 e. The number of carbonyl (C=O) groups excluding carboxylic acids is 1. The Morgan fingerprint density at radius 3 is 2.41 bits per heavy atom. The van der Waals surface area contributed by atoms with Crippen LogP contribution in [0.15, 0.2) is 12.3 Å². The summed E-state index contributed by atoms with van der Waals surface area (Å²) in [6.07, 6.45) is -4.15. The lowest BCUT2D eigenvalue weighted by atomic mass is 9.89. The van der Waals surface area contributed by atoms with E-state index in [2.05, 4.69) is 9.84 Å². The SMILES string of the molecule is CC(C)(C)OC(=O)n1ccc(OC(F)C(F)C(C)(C)CF)n1. The van der Waals surface area contributed by atoms with Crippen LogP contribution in [0.3, 0.4) is 0 Å². The lowest BCUT2D eigenvalue weighted by Gasteiger charge is -2.27. The highest BCUT2D eigenvalue weighted by Gasteiger charge is 2.38. The van der Waals surface area contributed by atoms with E-state index in [1.807, 2.05) is 0 Å². The molecule has 0 fully saturated rings. The Bertz CT molecular complexity index is 512. The van der Waals surface area contributed by atoms with Crippen molar-refractivity contribution in [2.24, 2.45) is 5.41 Å². The highest BCUT2D eigenvalue weighted by Crippen LogP contribution is 2.29. The van der Waals surface area contributed by atoms with Crippen LogP contribution in [0.5, 0.6) is 5.88 Å². The van der Waals surface area contributed by atoms with Crippen LogP contribution in [0.1, 0.15) is 34.6 Å². The molecule has 0 aliphatic heterocycles. The van der Waals surface area contributed by atoms with Crippen molar-refractivity contribution < 1.29 is 27.4 Å². The molecule has 1 aromatic rings. The molecule has 0 spiro atoms. The fourth-order valence-electron chi connectivity index (χ4n) is 1.38. The monoisotopic (exact) mass is 322 g/mol. The molecule has 126 valence electrons. The highest BCUT2D eigenvalue weighted by molar-refractivity contribution is 5.69. The van der Waals surface area contributed by atoms with E-state index in [1.165, 1.54) is 26.1 Å². The Kier molecular flexibility index (Phi) is 5.48. The minimum atomic E-state index is -2.40. The van der Waals surface area contributed by atoms with E-state index in [-0.39, 0.29) is 5.88 Å². The summed E-state index contributed by atoms with van der Waals surface area (Å²) >= 11 is 0. The average molecular weight is 322 g/mol. The molecule has 0 aromatic carbocycles. The van der Waals surface area contributed by atoms with Crippen LogP contribution in [0.2, 0.25) is 0 Å². The van der Waals surface area contributed by atoms with E-state index in [1.54, 1.807) is 20.8 Å². The molecular formula is C14H21F3N2O3. The van der Waals surface area contributed by atoms with Crippen LogP contribution in [-0.4, -0.2) is 40.7 Å². The van der Waals surface area contributed by atoms with Crippen LogP contribution < -0.4 is 4.74 Å². The van der Waals surface area contributed by atoms with Gasteiger partial charge in [-0.1, -0.05) is 13.8 Å². The first kappa shape index (κ1) is 18.3. The summed E-state index contributed by atoms with van der Waals surface area (Å²) in [6.45, 7) is 6.48. The van der Waals surface area contributed by atoms with Crippen LogP contribution in [-0.2, 0) is 4.74 Å². The number of carbonyl (C=O) groups is 1. The van der Waals surface area contributed by atoms with Crippen molar-refractivity contribution in [2.45, 2.75) is 52.7 Å². The molecule has 1 aromatic heterocycles. The predicted molar refractivity (Wildman–Crippen MR) is 74.0 cm³/mol. The van der Waals surface area contributed by atoms with Gasteiger partial charge in [-0.25, -0.2) is 9.18 Å². The highest BCUT2D eigenvalue weighted by atomic mass is 19.2. The first-order chi connectivity index (χ1) is 9.96. The van der Waals surface area contributed by atoms with Crippen molar-refractivity contribution in [1.82, 2.24) is 9.78 Å². The van der Waals surface area contributed by atoms with Gasteiger partial charge in [0.25, 0.3) is 6.36 Å². The molecular weight excluding hydrogens is 301 g/mol. The van der Waals surface area contributed by atoms with Gasteiger partial charge in [0.15, 0.2) is 6.17 Å². The van der Waals surface area contributed by atoms with Crippen LogP contribution >= 0.6 is 0 Å². The zero-order chi connectivity index (χ0) is 17.1. The van der Waals surface area contributed by atoms with E-state index in [9.17, 15) is 18.0 Å². The van der Waals surface area contributed by atoms with Crippen LogP contribution in [0, 0.1) is 5.41 Å². The first-order valence-corrected chi connectivity index (χ1v) is 6.76. The van der Waals surface area contributed by atoms with Crippen molar-refractivity contribution in [3.05, 3.63) is 12.3 Å². The average Bonchev–Trinajstić information content (AvgIpc) is 2.84. The Balaban J connectivity index is 2.71. The molecule has 0 bridgehead atoms. The summed E-state index contributed by atoms with van der Waals surface area (Å²) in [4.78, 5) is 11.7. The molecule has 2 atom stereocenters. The summed E-state index contributed by atoms with van der Waals surface area (Å²) in [6, 6.07) is 1.19. The van der Waals surface area contributed by atoms with Gasteiger partial charge in [0.05, 0.1) is 6.67 Å². The summed E-state index contributed by atoms with van der Waals surface area (Å²) in [7, 11) is 0. The number of halogens is 3. The molecule has 1 heterocycles. The Morgan fingerprint density at radius 1 is 1.32 bits per heavy atom. The van der Waals surface area contributed by atoms with Gasteiger partial charge < -0.3 is 9.47 Å². The molecule has 0 saturated carbocycles. The zero-order valence-corrected chi connectivity index (χ0v) is 13.3. The van der Waals surface area contributed by atoms with Crippen molar-refractivity contribution in [3.8, 4) is 5.88 Å². The van der Waals surface area contributed by atoms with E-state index in [4.69, 9.17) is 4.74 Å². The molecule has 0 radical (unpaired) electrons. The zero-order valence-electron chi connectivity index (χ0n) is 13.3. The third-order valence-electron chi connectivity index (χ3n) is 2.70. The maximum atomic E-state index is 13.8. The second-order valence-corrected chi connectivity index (χ2v) is 6.57. The van der Waals surface area contributed by atoms with Crippen molar-refractivity contribution in [2.75, 3.05) is 6.67 Å². The normalized spacial score (nSPS) is 15.3. The standard InChI is InChI=1S/C14H21F3N2O3/c1-13(2,3)22-12(20)19-7-6-9(18-19)21-11(17)10(16)14(4,5)8-15/h6-7,10-11H,8H2,1-5H3. The fraction of sp³-hybridized carbons (Fsp3) is 0.714. The number of ether oxygens (including phenoxy) is 2.